The van der Waals surface area contributed by atoms with Gasteiger partial charge in [0.1, 0.15) is 0 Å². The number of hydrogen-bond acceptors (Lipinski definition) is 0. The molecule has 0 spiro atoms. The van der Waals surface area contributed by atoms with Gasteiger partial charge in [-0.1, -0.05) is 37.1 Å². The molecule has 0 saturated heterocycles. The molecule has 2 rings (SSSR count). The summed E-state index contributed by atoms with van der Waals surface area (Å²) in [7, 11) is 0. The SMILES string of the molecule is C1=C\CC2/C=C/C(C/1)CCCC2. The van der Waals surface area contributed by atoms with Crippen LogP contribution in [0.4, 0.5) is 0 Å². The van der Waals surface area contributed by atoms with Crippen molar-refractivity contribution < 1.29 is 0 Å². The Morgan fingerprint density at radius 1 is 0.750 bits per heavy atom. The van der Waals surface area contributed by atoms with E-state index >= 15 is 0 Å². The maximum atomic E-state index is 2.47. The van der Waals surface area contributed by atoms with Crippen molar-refractivity contribution in [3.63, 3.8) is 0 Å². The number of allylic oxidation sites excluding steroid dienone is 4. The van der Waals surface area contributed by atoms with Crippen molar-refractivity contribution in [2.24, 2.45) is 11.8 Å². The third kappa shape index (κ3) is 2.00. The van der Waals surface area contributed by atoms with Crippen LogP contribution in [-0.4, -0.2) is 0 Å². The molecule has 0 nitrogen and oxygen atoms in total. The van der Waals surface area contributed by atoms with Gasteiger partial charge in [-0.25, -0.2) is 0 Å². The lowest BCUT2D eigenvalue weighted by molar-refractivity contribution is 0.463. The fraction of sp³-hybridized carbons (Fsp3) is 0.667. The molecule has 66 valence electrons. The average molecular weight is 162 g/mol. The number of hydrogen-bond donors (Lipinski definition) is 0. The molecule has 0 aromatic heterocycles. The number of fused-ring (bicyclic) bond motifs is 2. The van der Waals surface area contributed by atoms with Gasteiger partial charge in [-0.2, -0.15) is 0 Å². The van der Waals surface area contributed by atoms with E-state index in [1.165, 1.54) is 38.5 Å². The van der Waals surface area contributed by atoms with Crippen LogP contribution in [0.3, 0.4) is 0 Å². The van der Waals surface area contributed by atoms with Crippen molar-refractivity contribution >= 4 is 0 Å². The second kappa shape index (κ2) is 3.93. The molecule has 0 heterocycles. The second-order valence-electron chi connectivity index (χ2n) is 4.13. The minimum atomic E-state index is 0.851. The highest BCUT2D eigenvalue weighted by Crippen LogP contribution is 2.27. The van der Waals surface area contributed by atoms with E-state index in [0.717, 1.165) is 11.8 Å². The van der Waals surface area contributed by atoms with Crippen LogP contribution < -0.4 is 0 Å². The lowest BCUT2D eigenvalue weighted by Gasteiger charge is -2.20. The van der Waals surface area contributed by atoms with Crippen LogP contribution in [0.1, 0.15) is 38.5 Å². The topological polar surface area (TPSA) is 0 Å². The highest BCUT2D eigenvalue weighted by atomic mass is 14.2. The molecule has 0 heteroatoms. The molecule has 2 unspecified atom stereocenters. The summed E-state index contributed by atoms with van der Waals surface area (Å²) in [6.45, 7) is 0. The Bertz CT molecular complexity index is 168. The van der Waals surface area contributed by atoms with Gasteiger partial charge in [-0.05, 0) is 37.5 Å². The minimum absolute atomic E-state index is 0.851. The van der Waals surface area contributed by atoms with Crippen LogP contribution in [0.2, 0.25) is 0 Å². The molecule has 0 aromatic carbocycles. The van der Waals surface area contributed by atoms with Crippen molar-refractivity contribution in [2.45, 2.75) is 38.5 Å². The van der Waals surface area contributed by atoms with E-state index in [1.807, 2.05) is 0 Å². The maximum absolute atomic E-state index is 2.47. The van der Waals surface area contributed by atoms with E-state index in [9.17, 15) is 0 Å². The predicted octanol–water partition coefficient (Wildman–Crippen LogP) is 3.70. The Kier molecular flexibility index (Phi) is 2.65. The van der Waals surface area contributed by atoms with Crippen LogP contribution in [0.5, 0.6) is 0 Å². The Balaban J connectivity index is 2.10. The Morgan fingerprint density at radius 2 is 1.25 bits per heavy atom. The largest absolute Gasteiger partial charge is 0.0879 e. The van der Waals surface area contributed by atoms with E-state index in [2.05, 4.69) is 24.3 Å². The molecule has 0 aliphatic heterocycles. The van der Waals surface area contributed by atoms with E-state index in [4.69, 9.17) is 0 Å². The van der Waals surface area contributed by atoms with Crippen LogP contribution in [0, 0.1) is 11.8 Å². The van der Waals surface area contributed by atoms with E-state index in [-0.39, 0.29) is 0 Å². The molecule has 2 aliphatic carbocycles. The summed E-state index contributed by atoms with van der Waals surface area (Å²) < 4.78 is 0. The van der Waals surface area contributed by atoms with E-state index < -0.39 is 0 Å². The van der Waals surface area contributed by atoms with Gasteiger partial charge in [0.15, 0.2) is 0 Å². The molecule has 0 saturated carbocycles. The zero-order chi connectivity index (χ0) is 8.23. The maximum Gasteiger partial charge on any atom is -0.0199 e. The highest BCUT2D eigenvalue weighted by molar-refractivity contribution is 5.03. The molecule has 0 fully saturated rings. The lowest BCUT2D eigenvalue weighted by atomic mass is 9.86. The summed E-state index contributed by atoms with van der Waals surface area (Å²) in [5.41, 5.74) is 0. The summed E-state index contributed by atoms with van der Waals surface area (Å²) in [5.74, 6) is 1.70. The molecular weight excluding hydrogens is 144 g/mol. The van der Waals surface area contributed by atoms with Gasteiger partial charge in [0.2, 0.25) is 0 Å². The molecule has 0 radical (unpaired) electrons. The highest BCUT2D eigenvalue weighted by Gasteiger charge is 2.12. The van der Waals surface area contributed by atoms with Gasteiger partial charge in [-0.15, -0.1) is 0 Å². The first-order chi connectivity index (χ1) is 5.95. The zero-order valence-electron chi connectivity index (χ0n) is 7.71. The monoisotopic (exact) mass is 162 g/mol. The van der Waals surface area contributed by atoms with E-state index in [1.54, 1.807) is 0 Å². The average Bonchev–Trinajstić information content (AvgIpc) is 2.03. The number of rotatable bonds is 0. The molecule has 2 atom stereocenters. The Labute approximate surface area is 75.4 Å². The molecule has 0 N–H and O–H groups in total. The summed E-state index contributed by atoms with van der Waals surface area (Å²) in [5, 5.41) is 0. The first-order valence-corrected chi connectivity index (χ1v) is 5.28. The molecule has 0 amide bonds. The molecule has 12 heavy (non-hydrogen) atoms. The third-order valence-corrected chi connectivity index (χ3v) is 3.10. The standard InChI is InChI=1S/C12H18/c1-2-6-12-8-4-3-7-11(5-1)9-10-12/h1-2,9-12H,3-8H2/b2-1-,10-9+. The first kappa shape index (κ1) is 8.10. The molecule has 0 aromatic rings. The van der Waals surface area contributed by atoms with Gasteiger partial charge in [0, 0.05) is 0 Å². The Hall–Kier alpha value is -0.520. The smallest absolute Gasteiger partial charge is 0.0199 e. The van der Waals surface area contributed by atoms with Crippen molar-refractivity contribution in [3.8, 4) is 0 Å². The van der Waals surface area contributed by atoms with Gasteiger partial charge in [-0.3, -0.25) is 0 Å². The van der Waals surface area contributed by atoms with Crippen LogP contribution >= 0.6 is 0 Å². The molecule has 2 aliphatic rings. The fourth-order valence-electron chi connectivity index (χ4n) is 2.25. The van der Waals surface area contributed by atoms with Gasteiger partial charge < -0.3 is 0 Å². The second-order valence-corrected chi connectivity index (χ2v) is 4.13. The van der Waals surface area contributed by atoms with Crippen LogP contribution in [0.15, 0.2) is 24.3 Å². The lowest BCUT2D eigenvalue weighted by Crippen LogP contribution is -2.05. The quantitative estimate of drug-likeness (QED) is 0.476. The third-order valence-electron chi connectivity index (χ3n) is 3.10. The summed E-state index contributed by atoms with van der Waals surface area (Å²) in [4.78, 5) is 0. The molecule has 2 bridgehead atoms. The summed E-state index contributed by atoms with van der Waals surface area (Å²) in [6.07, 6.45) is 18.0. The summed E-state index contributed by atoms with van der Waals surface area (Å²) >= 11 is 0. The predicted molar refractivity (Wildman–Crippen MR) is 53.0 cm³/mol. The van der Waals surface area contributed by atoms with Gasteiger partial charge >= 0.3 is 0 Å². The summed E-state index contributed by atoms with van der Waals surface area (Å²) in [6, 6.07) is 0. The van der Waals surface area contributed by atoms with Crippen LogP contribution in [0.25, 0.3) is 0 Å². The first-order valence-electron chi connectivity index (χ1n) is 5.28. The zero-order valence-corrected chi connectivity index (χ0v) is 7.71. The van der Waals surface area contributed by atoms with Crippen molar-refractivity contribution in [1.82, 2.24) is 0 Å². The minimum Gasteiger partial charge on any atom is -0.0879 e. The van der Waals surface area contributed by atoms with Crippen molar-refractivity contribution in [3.05, 3.63) is 24.3 Å². The van der Waals surface area contributed by atoms with Crippen molar-refractivity contribution in [1.29, 1.82) is 0 Å². The molecular formula is C12H18. The van der Waals surface area contributed by atoms with Gasteiger partial charge in [0.25, 0.3) is 0 Å². The van der Waals surface area contributed by atoms with Crippen molar-refractivity contribution in [2.75, 3.05) is 0 Å². The van der Waals surface area contributed by atoms with E-state index in [0.29, 0.717) is 0 Å². The Morgan fingerprint density at radius 3 is 1.75 bits per heavy atom. The fourth-order valence-corrected chi connectivity index (χ4v) is 2.25. The normalized spacial score (nSPS) is 40.7. The van der Waals surface area contributed by atoms with Gasteiger partial charge in [0.05, 0.1) is 0 Å². The van der Waals surface area contributed by atoms with Crippen LogP contribution in [-0.2, 0) is 0 Å².